The van der Waals surface area contributed by atoms with Gasteiger partial charge >= 0.3 is 0 Å². The highest BCUT2D eigenvalue weighted by molar-refractivity contribution is 6.30. The number of hydrogen-bond donors (Lipinski definition) is 0. The third kappa shape index (κ3) is 7.82. The van der Waals surface area contributed by atoms with E-state index in [4.69, 9.17) is 21.1 Å². The molecule has 212 valence electrons. The van der Waals surface area contributed by atoms with Crippen molar-refractivity contribution in [3.8, 4) is 5.75 Å². The van der Waals surface area contributed by atoms with Gasteiger partial charge in [-0.15, -0.1) is 0 Å². The van der Waals surface area contributed by atoms with Crippen molar-refractivity contribution in [3.63, 3.8) is 0 Å². The molecule has 0 N–H and O–H groups in total. The number of halogens is 2. The highest BCUT2D eigenvalue weighted by Crippen LogP contribution is 2.49. The van der Waals surface area contributed by atoms with Crippen molar-refractivity contribution in [2.45, 2.75) is 51.4 Å². The van der Waals surface area contributed by atoms with Gasteiger partial charge in [0.25, 0.3) is 0 Å². The Balaban J connectivity index is 0.990. The molecule has 1 aromatic heterocycles. The van der Waals surface area contributed by atoms with Gasteiger partial charge in [-0.2, -0.15) is 0 Å². The van der Waals surface area contributed by atoms with Crippen LogP contribution >= 0.6 is 11.6 Å². The van der Waals surface area contributed by atoms with Gasteiger partial charge in [-0.3, -0.25) is 4.79 Å². The molecule has 2 atom stereocenters. The summed E-state index contributed by atoms with van der Waals surface area (Å²) in [4.78, 5) is 25.3. The Kier molecular flexibility index (Phi) is 9.56. The zero-order chi connectivity index (χ0) is 27.2. The molecule has 0 bridgehead atoms. The third-order valence-corrected chi connectivity index (χ3v) is 8.97. The van der Waals surface area contributed by atoms with Crippen LogP contribution in [0.4, 0.5) is 10.3 Å². The lowest BCUT2D eigenvalue weighted by Gasteiger charge is -2.32. The maximum Gasteiger partial charge on any atom is 0.226 e. The van der Waals surface area contributed by atoms with Gasteiger partial charge < -0.3 is 19.3 Å². The van der Waals surface area contributed by atoms with E-state index in [9.17, 15) is 9.18 Å². The second kappa shape index (κ2) is 13.3. The van der Waals surface area contributed by atoms with Gasteiger partial charge in [0.2, 0.25) is 11.9 Å². The Hall–Kier alpha value is -2.45. The molecule has 3 fully saturated rings. The molecule has 0 radical (unpaired) electrons. The van der Waals surface area contributed by atoms with Crippen LogP contribution in [0.15, 0.2) is 30.6 Å². The van der Waals surface area contributed by atoms with E-state index < -0.39 is 0 Å². The molecule has 0 spiro atoms. The monoisotopic (exact) mass is 558 g/mol. The first-order valence-electron chi connectivity index (χ1n) is 14.4. The summed E-state index contributed by atoms with van der Waals surface area (Å²) in [6.45, 7) is 4.86. The third-order valence-electron chi connectivity index (χ3n) is 8.77. The van der Waals surface area contributed by atoms with Crippen molar-refractivity contribution in [1.29, 1.82) is 0 Å². The summed E-state index contributed by atoms with van der Waals surface area (Å²) < 4.78 is 26.0. The molecule has 2 saturated heterocycles. The van der Waals surface area contributed by atoms with Gasteiger partial charge in [0, 0.05) is 46.0 Å². The lowest BCUT2D eigenvalue weighted by molar-refractivity contribution is -0.129. The van der Waals surface area contributed by atoms with Crippen LogP contribution in [-0.2, 0) is 16.0 Å². The van der Waals surface area contributed by atoms with Crippen molar-refractivity contribution in [3.05, 3.63) is 47.0 Å². The number of benzene rings is 1. The molecular weight excluding hydrogens is 519 g/mol. The first-order valence-corrected chi connectivity index (χ1v) is 14.8. The zero-order valence-electron chi connectivity index (χ0n) is 22.9. The zero-order valence-corrected chi connectivity index (χ0v) is 23.6. The van der Waals surface area contributed by atoms with E-state index in [1.54, 1.807) is 36.5 Å². The maximum atomic E-state index is 14.7. The lowest BCUT2D eigenvalue weighted by atomic mass is 9.90. The molecule has 1 saturated carbocycles. The Morgan fingerprint density at radius 2 is 1.90 bits per heavy atom. The summed E-state index contributed by atoms with van der Waals surface area (Å²) in [6.07, 6.45) is 11.0. The molecule has 1 aliphatic carbocycles. The Morgan fingerprint density at radius 1 is 1.15 bits per heavy atom. The quantitative estimate of drug-likeness (QED) is 0.367. The summed E-state index contributed by atoms with van der Waals surface area (Å²) in [5.41, 5.74) is 0.419. The number of carbonyl (C=O) groups excluding carboxylic acids is 1. The summed E-state index contributed by atoms with van der Waals surface area (Å²) in [7, 11) is 1.81. The van der Waals surface area contributed by atoms with Crippen molar-refractivity contribution < 1.29 is 18.7 Å². The molecule has 2 aromatic rings. The van der Waals surface area contributed by atoms with Crippen LogP contribution in [0.2, 0.25) is 5.02 Å². The standard InChI is InChI=1S/C30H40ClFN4O3/c1-35(10-4-21-7-13-38-14-8-21)29(37)17-24-2-3-26(18-28(24)32)39-15-9-23-16-27(23)22-5-11-36(12-6-22)30-33-19-25(31)20-34-30/h2-3,18-23,27H,4-17H2,1H3. The Bertz CT molecular complexity index is 1090. The minimum atomic E-state index is -0.376. The summed E-state index contributed by atoms with van der Waals surface area (Å²) in [5, 5.41) is 0.560. The maximum absolute atomic E-state index is 14.7. The number of amides is 1. The van der Waals surface area contributed by atoms with Crippen LogP contribution in [0, 0.1) is 29.5 Å². The molecule has 1 aromatic carbocycles. The molecular formula is C30H40ClFN4O3. The number of rotatable bonds is 11. The SMILES string of the molecule is CN(CCC1CCOCC1)C(=O)Cc1ccc(OCCC2CC2C2CCN(c3ncc(Cl)cn3)CC2)cc1F. The van der Waals surface area contributed by atoms with E-state index in [1.807, 2.05) is 0 Å². The molecule has 7 nitrogen and oxygen atoms in total. The fourth-order valence-corrected chi connectivity index (χ4v) is 6.20. The second-order valence-electron chi connectivity index (χ2n) is 11.4. The first kappa shape index (κ1) is 28.1. The smallest absolute Gasteiger partial charge is 0.226 e. The number of carbonyl (C=O) groups is 1. The van der Waals surface area contributed by atoms with Crippen molar-refractivity contribution in [1.82, 2.24) is 14.9 Å². The van der Waals surface area contributed by atoms with Gasteiger partial charge in [-0.1, -0.05) is 17.7 Å². The number of piperidine rings is 1. The number of nitrogens with zero attached hydrogens (tertiary/aromatic N) is 4. The lowest BCUT2D eigenvalue weighted by Crippen LogP contribution is -2.35. The van der Waals surface area contributed by atoms with E-state index in [0.29, 0.717) is 41.3 Å². The first-order chi connectivity index (χ1) is 19.0. The summed E-state index contributed by atoms with van der Waals surface area (Å²) in [6, 6.07) is 4.89. The van der Waals surface area contributed by atoms with E-state index in [-0.39, 0.29) is 18.1 Å². The highest BCUT2D eigenvalue weighted by Gasteiger charge is 2.43. The minimum Gasteiger partial charge on any atom is -0.493 e. The Morgan fingerprint density at radius 3 is 2.62 bits per heavy atom. The fraction of sp³-hybridized carbons (Fsp3) is 0.633. The molecule has 3 heterocycles. The topological polar surface area (TPSA) is 67.8 Å². The number of aromatic nitrogens is 2. The van der Waals surface area contributed by atoms with Crippen LogP contribution < -0.4 is 9.64 Å². The number of hydrogen-bond acceptors (Lipinski definition) is 6. The predicted octanol–water partition coefficient (Wildman–Crippen LogP) is 5.41. The Labute approximate surface area is 236 Å². The van der Waals surface area contributed by atoms with E-state index in [1.165, 1.54) is 12.5 Å². The van der Waals surface area contributed by atoms with Crippen molar-refractivity contribution in [2.75, 3.05) is 51.4 Å². The van der Waals surface area contributed by atoms with E-state index in [2.05, 4.69) is 14.9 Å². The van der Waals surface area contributed by atoms with E-state index >= 15 is 0 Å². The van der Waals surface area contributed by atoms with Crippen LogP contribution in [0.3, 0.4) is 0 Å². The molecule has 9 heteroatoms. The normalized spacial score (nSPS) is 22.1. The molecule has 2 aliphatic heterocycles. The summed E-state index contributed by atoms with van der Waals surface area (Å²) >= 11 is 5.90. The second-order valence-corrected chi connectivity index (χ2v) is 11.8. The van der Waals surface area contributed by atoms with Crippen LogP contribution in [0.5, 0.6) is 5.75 Å². The van der Waals surface area contributed by atoms with Crippen LogP contribution in [-0.4, -0.2) is 67.3 Å². The number of likely N-dealkylation sites (N-methyl/N-ethyl adjacent to an activating group) is 1. The number of ether oxygens (including phenoxy) is 2. The van der Waals surface area contributed by atoms with Gasteiger partial charge in [-0.25, -0.2) is 14.4 Å². The van der Waals surface area contributed by atoms with E-state index in [0.717, 1.165) is 82.6 Å². The highest BCUT2D eigenvalue weighted by atomic mass is 35.5. The minimum absolute atomic E-state index is 0.0547. The molecule has 39 heavy (non-hydrogen) atoms. The number of anilines is 1. The van der Waals surface area contributed by atoms with Crippen molar-refractivity contribution >= 4 is 23.5 Å². The fourth-order valence-electron chi connectivity index (χ4n) is 6.10. The molecule has 3 aliphatic rings. The molecule has 2 unspecified atom stereocenters. The van der Waals surface area contributed by atoms with Gasteiger partial charge in [0.1, 0.15) is 11.6 Å². The van der Waals surface area contributed by atoms with Crippen molar-refractivity contribution in [2.24, 2.45) is 23.7 Å². The average molecular weight is 559 g/mol. The van der Waals surface area contributed by atoms with Gasteiger partial charge in [0.15, 0.2) is 0 Å². The van der Waals surface area contributed by atoms with Gasteiger partial charge in [0.05, 0.1) is 30.4 Å². The van der Waals surface area contributed by atoms with Gasteiger partial charge in [-0.05, 0) is 80.2 Å². The predicted molar refractivity (Wildman–Crippen MR) is 150 cm³/mol. The van der Waals surface area contributed by atoms with Crippen LogP contribution in [0.1, 0.15) is 50.5 Å². The molecule has 1 amide bonds. The average Bonchev–Trinajstić information content (AvgIpc) is 3.73. The van der Waals surface area contributed by atoms with Crippen LogP contribution in [0.25, 0.3) is 0 Å². The largest absolute Gasteiger partial charge is 0.493 e. The summed E-state index contributed by atoms with van der Waals surface area (Å²) in [5.74, 6) is 3.66. The molecule has 5 rings (SSSR count).